The van der Waals surface area contributed by atoms with Crippen LogP contribution in [0.4, 0.5) is 0 Å². The van der Waals surface area contributed by atoms with Crippen molar-refractivity contribution in [3.05, 3.63) is 70.3 Å². The summed E-state index contributed by atoms with van der Waals surface area (Å²) in [5.74, 6) is 1.47. The van der Waals surface area contributed by atoms with Crippen molar-refractivity contribution in [3.63, 3.8) is 0 Å². The van der Waals surface area contributed by atoms with Crippen molar-refractivity contribution in [2.45, 2.75) is 133 Å². The van der Waals surface area contributed by atoms with Crippen LogP contribution in [0.5, 0.6) is 0 Å². The van der Waals surface area contributed by atoms with E-state index in [1.165, 1.54) is 87.3 Å². The molecule has 0 bridgehead atoms. The number of hydrogen-bond donors (Lipinski definition) is 0. The van der Waals surface area contributed by atoms with Gasteiger partial charge in [0.25, 0.3) is 0 Å². The summed E-state index contributed by atoms with van der Waals surface area (Å²) in [6.07, 6.45) is 16.9. The molecule has 1 fully saturated rings. The molecule has 2 aliphatic carbocycles. The average Bonchev–Trinajstić information content (AvgIpc) is 3.07. The van der Waals surface area contributed by atoms with E-state index in [1.807, 2.05) is 13.8 Å². The summed E-state index contributed by atoms with van der Waals surface area (Å²) < 4.78 is 0. The lowest BCUT2D eigenvalue weighted by molar-refractivity contribution is 0.155. The highest BCUT2D eigenvalue weighted by atomic mass is 14.5. The Labute approximate surface area is 220 Å². The second-order valence-electron chi connectivity index (χ2n) is 11.1. The fourth-order valence-corrected chi connectivity index (χ4v) is 6.46. The number of aryl methyl sites for hydroxylation is 2. The molecule has 35 heavy (non-hydrogen) atoms. The molecule has 3 atom stereocenters. The fourth-order valence-electron chi connectivity index (χ4n) is 6.46. The molecule has 2 aliphatic rings. The van der Waals surface area contributed by atoms with Gasteiger partial charge in [-0.05, 0) is 99.7 Å². The SMILES string of the molecule is C=C(C)CC1C2=C(C)CCC=C2C(CC)C1(C)CCC.CC.CCCCCCc1ccc(C)cc1. The predicted octanol–water partition coefficient (Wildman–Crippen LogP) is 11.6. The maximum atomic E-state index is 4.22. The second-order valence-corrected chi connectivity index (χ2v) is 11.1. The van der Waals surface area contributed by atoms with Crippen molar-refractivity contribution >= 4 is 0 Å². The third kappa shape index (κ3) is 8.80. The van der Waals surface area contributed by atoms with Crippen LogP contribution in [-0.2, 0) is 6.42 Å². The normalized spacial score (nSPS) is 22.9. The molecule has 3 unspecified atom stereocenters. The van der Waals surface area contributed by atoms with Gasteiger partial charge in [-0.2, -0.15) is 0 Å². The van der Waals surface area contributed by atoms with Gasteiger partial charge in [0.05, 0.1) is 0 Å². The van der Waals surface area contributed by atoms with Crippen LogP contribution >= 0.6 is 0 Å². The van der Waals surface area contributed by atoms with Gasteiger partial charge in [-0.1, -0.05) is 114 Å². The van der Waals surface area contributed by atoms with Crippen LogP contribution in [0.15, 0.2) is 59.2 Å². The number of allylic oxidation sites excluding steroid dienone is 5. The first-order valence-electron chi connectivity index (χ1n) is 14.9. The zero-order chi connectivity index (χ0) is 26.4. The summed E-state index contributed by atoms with van der Waals surface area (Å²) in [6, 6.07) is 8.91. The third-order valence-corrected chi connectivity index (χ3v) is 8.16. The van der Waals surface area contributed by atoms with Gasteiger partial charge < -0.3 is 0 Å². The molecule has 1 aromatic carbocycles. The Hall–Kier alpha value is -1.56. The predicted molar refractivity (Wildman–Crippen MR) is 160 cm³/mol. The van der Waals surface area contributed by atoms with Crippen molar-refractivity contribution < 1.29 is 0 Å². The highest BCUT2D eigenvalue weighted by Gasteiger charge is 2.50. The zero-order valence-corrected chi connectivity index (χ0v) is 25.0. The molecule has 0 saturated heterocycles. The van der Waals surface area contributed by atoms with Gasteiger partial charge in [0.15, 0.2) is 0 Å². The smallest absolute Gasteiger partial charge is 0.00630 e. The first-order chi connectivity index (χ1) is 16.8. The number of benzene rings is 1. The van der Waals surface area contributed by atoms with Crippen LogP contribution in [-0.4, -0.2) is 0 Å². The molecular formula is C35H58. The van der Waals surface area contributed by atoms with Gasteiger partial charge >= 0.3 is 0 Å². The van der Waals surface area contributed by atoms with E-state index in [9.17, 15) is 0 Å². The monoisotopic (exact) mass is 478 g/mol. The zero-order valence-electron chi connectivity index (χ0n) is 25.0. The summed E-state index contributed by atoms with van der Waals surface area (Å²) in [4.78, 5) is 0. The Morgan fingerprint density at radius 1 is 0.943 bits per heavy atom. The number of hydrogen-bond acceptors (Lipinski definition) is 0. The van der Waals surface area contributed by atoms with E-state index >= 15 is 0 Å². The molecule has 0 heteroatoms. The standard InChI is InChI=1S/C20H32.C13H20.C2H6/c1-7-12-20(6)17(8-2)16-11-9-10-15(5)19(16)18(20)13-14(3)4;1-3-4-5-6-7-13-10-8-12(2)9-11-13;1-2/h11,17-18H,3,7-10,12-13H2,1-2,4-6H3;8-11H,3-7H2,1-2H3;1-2H3. The van der Waals surface area contributed by atoms with Gasteiger partial charge in [-0.15, -0.1) is 6.58 Å². The molecule has 0 N–H and O–H groups in total. The topological polar surface area (TPSA) is 0 Å². The molecule has 1 aromatic rings. The van der Waals surface area contributed by atoms with E-state index in [0.717, 1.165) is 5.92 Å². The Kier molecular flexibility index (Phi) is 14.6. The molecule has 0 heterocycles. The van der Waals surface area contributed by atoms with Gasteiger partial charge in [0.2, 0.25) is 0 Å². The van der Waals surface area contributed by atoms with E-state index < -0.39 is 0 Å². The van der Waals surface area contributed by atoms with Crippen LogP contribution in [0.25, 0.3) is 0 Å². The molecule has 0 nitrogen and oxygen atoms in total. The van der Waals surface area contributed by atoms with Crippen molar-refractivity contribution in [2.75, 3.05) is 0 Å². The Morgan fingerprint density at radius 2 is 1.60 bits per heavy atom. The highest BCUT2D eigenvalue weighted by molar-refractivity contribution is 5.48. The molecule has 0 spiro atoms. The molecule has 0 aromatic heterocycles. The van der Waals surface area contributed by atoms with Crippen LogP contribution in [0.2, 0.25) is 0 Å². The fraction of sp³-hybridized carbons (Fsp3) is 0.657. The van der Waals surface area contributed by atoms with Crippen LogP contribution in [0.1, 0.15) is 131 Å². The lowest BCUT2D eigenvalue weighted by Gasteiger charge is -2.37. The highest BCUT2D eigenvalue weighted by Crippen LogP contribution is 2.61. The lowest BCUT2D eigenvalue weighted by atomic mass is 9.67. The molecule has 198 valence electrons. The van der Waals surface area contributed by atoms with Crippen LogP contribution in [0, 0.1) is 24.2 Å². The van der Waals surface area contributed by atoms with Gasteiger partial charge in [0.1, 0.15) is 0 Å². The Balaban J connectivity index is 0.000000354. The minimum absolute atomic E-state index is 0.440. The molecule has 0 amide bonds. The second kappa shape index (κ2) is 16.2. The van der Waals surface area contributed by atoms with Gasteiger partial charge in [-0.3, -0.25) is 0 Å². The van der Waals surface area contributed by atoms with E-state index in [0.29, 0.717) is 11.3 Å². The first kappa shape index (κ1) is 31.5. The molecular weight excluding hydrogens is 420 g/mol. The summed E-state index contributed by atoms with van der Waals surface area (Å²) in [5.41, 5.74) is 9.72. The summed E-state index contributed by atoms with van der Waals surface area (Å²) in [7, 11) is 0. The van der Waals surface area contributed by atoms with Crippen molar-refractivity contribution in [3.8, 4) is 0 Å². The largest absolute Gasteiger partial charge is 0.100 e. The lowest BCUT2D eigenvalue weighted by Crippen LogP contribution is -2.29. The molecule has 3 rings (SSSR count). The summed E-state index contributed by atoms with van der Waals surface area (Å²) >= 11 is 0. The quantitative estimate of drug-likeness (QED) is 0.232. The van der Waals surface area contributed by atoms with E-state index in [1.54, 1.807) is 16.7 Å². The molecule has 1 saturated carbocycles. The number of rotatable bonds is 10. The summed E-state index contributed by atoms with van der Waals surface area (Å²) in [5, 5.41) is 0. The van der Waals surface area contributed by atoms with Crippen molar-refractivity contribution in [2.24, 2.45) is 17.3 Å². The maximum absolute atomic E-state index is 4.22. The Bertz CT molecular complexity index is 803. The number of fused-ring (bicyclic) bond motifs is 1. The third-order valence-electron chi connectivity index (χ3n) is 8.16. The average molecular weight is 479 g/mol. The summed E-state index contributed by atoms with van der Waals surface area (Å²) in [6.45, 7) is 24.5. The molecule has 0 radical (unpaired) electrons. The van der Waals surface area contributed by atoms with Gasteiger partial charge in [-0.25, -0.2) is 0 Å². The van der Waals surface area contributed by atoms with Gasteiger partial charge in [0, 0.05) is 0 Å². The Morgan fingerprint density at radius 3 is 2.14 bits per heavy atom. The van der Waals surface area contributed by atoms with Crippen molar-refractivity contribution in [1.82, 2.24) is 0 Å². The minimum Gasteiger partial charge on any atom is -0.100 e. The van der Waals surface area contributed by atoms with E-state index in [4.69, 9.17) is 0 Å². The van der Waals surface area contributed by atoms with Crippen LogP contribution in [0.3, 0.4) is 0 Å². The van der Waals surface area contributed by atoms with Crippen LogP contribution < -0.4 is 0 Å². The van der Waals surface area contributed by atoms with Crippen molar-refractivity contribution in [1.29, 1.82) is 0 Å². The first-order valence-corrected chi connectivity index (χ1v) is 14.9. The molecule has 0 aliphatic heterocycles. The minimum atomic E-state index is 0.440. The van der Waals surface area contributed by atoms with E-state index in [-0.39, 0.29) is 0 Å². The maximum Gasteiger partial charge on any atom is -0.00630 e. The number of unbranched alkanes of at least 4 members (excludes halogenated alkanes) is 3. The van der Waals surface area contributed by atoms with E-state index in [2.05, 4.69) is 85.4 Å².